The van der Waals surface area contributed by atoms with E-state index in [-0.39, 0.29) is 0 Å². The molecule has 2 unspecified atom stereocenters. The molecule has 0 N–H and O–H groups in total. The highest BCUT2D eigenvalue weighted by molar-refractivity contribution is 4.92. The molecule has 0 bridgehead atoms. The summed E-state index contributed by atoms with van der Waals surface area (Å²) in [7, 11) is 4.53. The number of allylic oxidation sites excluding steroid dienone is 4. The van der Waals surface area contributed by atoms with Crippen LogP contribution in [0.2, 0.25) is 0 Å². The van der Waals surface area contributed by atoms with Gasteiger partial charge in [-0.2, -0.15) is 0 Å². The van der Waals surface area contributed by atoms with Crippen LogP contribution in [-0.2, 0) is 0 Å². The minimum atomic E-state index is 0.802. The smallest absolute Gasteiger partial charge is 0.00953 e. The van der Waals surface area contributed by atoms with E-state index in [0.29, 0.717) is 0 Å². The summed E-state index contributed by atoms with van der Waals surface area (Å²) in [6, 6.07) is 0.802. The molecule has 0 rings (SSSR count). The van der Waals surface area contributed by atoms with Crippen LogP contribution in [0.25, 0.3) is 0 Å². The largest absolute Gasteiger partial charge is 0.309 e. The number of nitrogens with zero attached hydrogens (tertiary/aromatic N) is 2. The molecule has 2 heteroatoms. The molecule has 0 aromatic rings. The monoisotopic (exact) mass is 715 g/mol. The van der Waals surface area contributed by atoms with Crippen molar-refractivity contribution in [3.63, 3.8) is 0 Å². The second kappa shape index (κ2) is 42.1. The van der Waals surface area contributed by atoms with E-state index in [2.05, 4.69) is 75.9 Å². The van der Waals surface area contributed by atoms with Crippen molar-refractivity contribution in [2.75, 3.05) is 33.7 Å². The normalized spacial score (nSPS) is 13.5. The topological polar surface area (TPSA) is 6.48 Å². The molecule has 0 aliphatic heterocycles. The summed E-state index contributed by atoms with van der Waals surface area (Å²) in [5, 5.41) is 0. The molecule has 51 heavy (non-hydrogen) atoms. The molecule has 0 aliphatic rings. The second-order valence-electron chi connectivity index (χ2n) is 16.9. The number of unbranched alkanes of at least 4 members (excludes halogenated alkanes) is 23. The molecule has 0 fully saturated rings. The van der Waals surface area contributed by atoms with Crippen molar-refractivity contribution in [1.29, 1.82) is 0 Å². The van der Waals surface area contributed by atoms with E-state index in [4.69, 9.17) is 0 Å². The maximum Gasteiger partial charge on any atom is 0.00953 e. The molecule has 0 saturated heterocycles. The summed E-state index contributed by atoms with van der Waals surface area (Å²) >= 11 is 0. The summed E-state index contributed by atoms with van der Waals surface area (Å²) in [5.74, 6) is 0.903. The first-order valence-electron chi connectivity index (χ1n) is 23.8. The maximum absolute atomic E-state index is 3.06. The van der Waals surface area contributed by atoms with Crippen molar-refractivity contribution in [1.82, 2.24) is 9.80 Å². The fourth-order valence-electron chi connectivity index (χ4n) is 7.96. The summed E-state index contributed by atoms with van der Waals surface area (Å²) in [6.45, 7) is 13.2. The zero-order chi connectivity index (χ0) is 37.3. The van der Waals surface area contributed by atoms with Crippen LogP contribution < -0.4 is 0 Å². The molecule has 0 radical (unpaired) electrons. The lowest BCUT2D eigenvalue weighted by Gasteiger charge is -2.36. The van der Waals surface area contributed by atoms with Gasteiger partial charge in [0, 0.05) is 12.6 Å². The third-order valence-corrected chi connectivity index (χ3v) is 11.4. The van der Waals surface area contributed by atoms with Crippen molar-refractivity contribution in [2.24, 2.45) is 5.92 Å². The molecule has 0 heterocycles. The lowest BCUT2D eigenvalue weighted by molar-refractivity contribution is 0.131. The van der Waals surface area contributed by atoms with Crippen LogP contribution in [0.15, 0.2) is 24.3 Å². The molecule has 0 aromatic heterocycles. The minimum Gasteiger partial charge on any atom is -0.309 e. The summed E-state index contributed by atoms with van der Waals surface area (Å²) < 4.78 is 0. The highest BCUT2D eigenvalue weighted by atomic mass is 15.2. The van der Waals surface area contributed by atoms with Crippen LogP contribution in [0.1, 0.15) is 246 Å². The SMILES string of the molecule is CCCCC/C=C\C/C=C\CCCCCCCCC(CCCCCCCCC)N(CCCN(C)C)CC(CCCCCC)CCCCCCCC. The van der Waals surface area contributed by atoms with Crippen molar-refractivity contribution in [3.05, 3.63) is 24.3 Å². The Morgan fingerprint density at radius 1 is 0.373 bits per heavy atom. The van der Waals surface area contributed by atoms with Crippen LogP contribution in [0.4, 0.5) is 0 Å². The van der Waals surface area contributed by atoms with Gasteiger partial charge in [-0.3, -0.25) is 0 Å². The molecular weight excluding hydrogens is 617 g/mol. The van der Waals surface area contributed by atoms with E-state index in [1.165, 1.54) is 232 Å². The zero-order valence-electron chi connectivity index (χ0n) is 36.5. The van der Waals surface area contributed by atoms with Crippen LogP contribution in [0, 0.1) is 5.92 Å². The third-order valence-electron chi connectivity index (χ3n) is 11.4. The number of rotatable bonds is 42. The highest BCUT2D eigenvalue weighted by Gasteiger charge is 2.22. The molecular formula is C49H98N2. The van der Waals surface area contributed by atoms with Crippen LogP contribution >= 0.6 is 0 Å². The van der Waals surface area contributed by atoms with Gasteiger partial charge in [0.05, 0.1) is 0 Å². The maximum atomic E-state index is 3.06. The first kappa shape index (κ1) is 50.4. The van der Waals surface area contributed by atoms with E-state index >= 15 is 0 Å². The Morgan fingerprint density at radius 2 is 0.745 bits per heavy atom. The van der Waals surface area contributed by atoms with Crippen molar-refractivity contribution >= 4 is 0 Å². The average Bonchev–Trinajstić information content (AvgIpc) is 3.12. The molecule has 2 nitrogen and oxygen atoms in total. The minimum absolute atomic E-state index is 0.802. The van der Waals surface area contributed by atoms with Crippen LogP contribution in [0.5, 0.6) is 0 Å². The third kappa shape index (κ3) is 37.5. The van der Waals surface area contributed by atoms with Crippen molar-refractivity contribution in [3.8, 4) is 0 Å². The Kier molecular flexibility index (Phi) is 41.7. The second-order valence-corrected chi connectivity index (χ2v) is 16.9. The summed E-state index contributed by atoms with van der Waals surface area (Å²) in [4.78, 5) is 5.47. The highest BCUT2D eigenvalue weighted by Crippen LogP contribution is 2.25. The van der Waals surface area contributed by atoms with E-state index in [1.807, 2.05) is 0 Å². The molecule has 0 spiro atoms. The van der Waals surface area contributed by atoms with Gasteiger partial charge in [-0.05, 0) is 97.3 Å². The Hall–Kier alpha value is -0.600. The quantitative estimate of drug-likeness (QED) is 0.0459. The van der Waals surface area contributed by atoms with Gasteiger partial charge in [-0.15, -0.1) is 0 Å². The molecule has 304 valence electrons. The molecule has 0 aromatic carbocycles. The Labute approximate surface area is 324 Å². The molecule has 0 amide bonds. The van der Waals surface area contributed by atoms with Crippen molar-refractivity contribution < 1.29 is 0 Å². The standard InChI is InChI=1S/C49H98N2/c1-7-11-15-19-22-23-24-25-26-27-28-29-30-32-35-39-44-49(43-38-34-31-20-16-12-8-2)51(46-40-45-50(5)6)47-48(41-36-18-14-10-4)42-37-33-21-17-13-9-3/h22-23,25-26,48-49H,7-21,24,27-47H2,1-6H3/b23-22-,26-25-. The Balaban J connectivity index is 5.10. The zero-order valence-corrected chi connectivity index (χ0v) is 36.5. The van der Waals surface area contributed by atoms with Crippen molar-refractivity contribution in [2.45, 2.75) is 252 Å². The lowest BCUT2D eigenvalue weighted by atomic mass is 9.91. The fraction of sp³-hybridized carbons (Fsp3) is 0.918. The van der Waals surface area contributed by atoms with Gasteiger partial charge >= 0.3 is 0 Å². The first-order valence-corrected chi connectivity index (χ1v) is 23.8. The predicted molar refractivity (Wildman–Crippen MR) is 235 cm³/mol. The fourth-order valence-corrected chi connectivity index (χ4v) is 7.96. The van der Waals surface area contributed by atoms with Gasteiger partial charge in [0.2, 0.25) is 0 Å². The predicted octanol–water partition coefficient (Wildman–Crippen LogP) is 16.3. The van der Waals surface area contributed by atoms with Crippen LogP contribution in [0.3, 0.4) is 0 Å². The molecule has 0 saturated carbocycles. The summed E-state index contributed by atoms with van der Waals surface area (Å²) in [6.07, 6.45) is 57.2. The summed E-state index contributed by atoms with van der Waals surface area (Å²) in [5.41, 5.74) is 0. The van der Waals surface area contributed by atoms with Crippen LogP contribution in [-0.4, -0.2) is 49.6 Å². The van der Waals surface area contributed by atoms with Gasteiger partial charge in [-0.1, -0.05) is 206 Å². The van der Waals surface area contributed by atoms with Gasteiger partial charge < -0.3 is 9.80 Å². The Bertz CT molecular complexity index is 696. The van der Waals surface area contributed by atoms with E-state index in [9.17, 15) is 0 Å². The van der Waals surface area contributed by atoms with E-state index in [1.54, 1.807) is 0 Å². The van der Waals surface area contributed by atoms with Gasteiger partial charge in [0.1, 0.15) is 0 Å². The number of hydrogen-bond donors (Lipinski definition) is 0. The van der Waals surface area contributed by atoms with Gasteiger partial charge in [0.25, 0.3) is 0 Å². The van der Waals surface area contributed by atoms with E-state index < -0.39 is 0 Å². The number of hydrogen-bond acceptors (Lipinski definition) is 2. The molecule has 0 aliphatic carbocycles. The Morgan fingerprint density at radius 3 is 1.22 bits per heavy atom. The lowest BCUT2D eigenvalue weighted by Crippen LogP contribution is -2.40. The average molecular weight is 715 g/mol. The molecule has 2 atom stereocenters. The van der Waals surface area contributed by atoms with Gasteiger partial charge in [-0.25, -0.2) is 0 Å². The van der Waals surface area contributed by atoms with E-state index in [0.717, 1.165) is 18.4 Å². The van der Waals surface area contributed by atoms with Gasteiger partial charge in [0.15, 0.2) is 0 Å². The first-order chi connectivity index (χ1) is 25.1.